The van der Waals surface area contributed by atoms with Gasteiger partial charge in [-0.25, -0.2) is 0 Å². The molecule has 1 N–H and O–H groups in total. The highest BCUT2D eigenvalue weighted by Crippen LogP contribution is 2.38. The average Bonchev–Trinajstić information content (AvgIpc) is 2.39. The van der Waals surface area contributed by atoms with E-state index < -0.39 is 5.60 Å². The molecule has 1 heterocycles. The molecule has 0 bridgehead atoms. The number of hydrogen-bond acceptors (Lipinski definition) is 4. The molecule has 4 heteroatoms. The van der Waals surface area contributed by atoms with Crippen LogP contribution in [-0.2, 0) is 10.3 Å². The lowest BCUT2D eigenvalue weighted by molar-refractivity contribution is 0.0198. The third kappa shape index (κ3) is 3.39. The van der Waals surface area contributed by atoms with Gasteiger partial charge in [0.25, 0.3) is 0 Å². The van der Waals surface area contributed by atoms with Crippen LogP contribution in [0.2, 0.25) is 0 Å². The van der Waals surface area contributed by atoms with Gasteiger partial charge in [0.1, 0.15) is 6.10 Å². The number of methoxy groups -OCH3 is 1. The molecule has 4 nitrogen and oxygen atoms in total. The minimum absolute atomic E-state index is 0.117. The maximum Gasteiger partial charge on any atom is 0.167 e. The van der Waals surface area contributed by atoms with E-state index in [1.54, 1.807) is 21.0 Å². The van der Waals surface area contributed by atoms with Gasteiger partial charge in [-0.3, -0.25) is 0 Å². The highest BCUT2D eigenvalue weighted by atomic mass is 16.5. The number of rotatable bonds is 4. The van der Waals surface area contributed by atoms with Crippen LogP contribution in [0.4, 0.5) is 0 Å². The van der Waals surface area contributed by atoms with Crippen molar-refractivity contribution in [3.05, 3.63) is 23.8 Å². The monoisotopic (exact) mass is 266 g/mol. The Balaban J connectivity index is 2.29. The van der Waals surface area contributed by atoms with Crippen molar-refractivity contribution in [3.63, 3.8) is 0 Å². The smallest absolute Gasteiger partial charge is 0.167 e. The van der Waals surface area contributed by atoms with Crippen LogP contribution in [0.3, 0.4) is 0 Å². The lowest BCUT2D eigenvalue weighted by Gasteiger charge is -2.28. The summed E-state index contributed by atoms with van der Waals surface area (Å²) in [6, 6.07) is 5.59. The topological polar surface area (TPSA) is 47.9 Å². The van der Waals surface area contributed by atoms with E-state index in [1.807, 2.05) is 18.2 Å². The Kier molecular flexibility index (Phi) is 4.32. The van der Waals surface area contributed by atoms with Crippen LogP contribution in [-0.4, -0.2) is 31.5 Å². The van der Waals surface area contributed by atoms with Crippen LogP contribution in [0, 0.1) is 0 Å². The molecule has 0 spiro atoms. The standard InChI is InChI=1S/C15H22O4/c1-15(2,16)12-5-4-6-13(17-3)14(12)19-11-7-9-18-10-8-11/h4-6,11,16H,7-10H2,1-3H3. The first-order valence-electron chi connectivity index (χ1n) is 6.66. The van der Waals surface area contributed by atoms with Crippen molar-refractivity contribution in [3.8, 4) is 11.5 Å². The zero-order chi connectivity index (χ0) is 13.9. The Hall–Kier alpha value is -1.26. The Bertz CT molecular complexity index is 417. The van der Waals surface area contributed by atoms with Gasteiger partial charge in [0.2, 0.25) is 0 Å². The first-order valence-corrected chi connectivity index (χ1v) is 6.66. The predicted molar refractivity (Wildman–Crippen MR) is 72.7 cm³/mol. The molecular weight excluding hydrogens is 244 g/mol. The van der Waals surface area contributed by atoms with Crippen molar-refractivity contribution in [2.45, 2.75) is 38.4 Å². The molecule has 1 saturated heterocycles. The lowest BCUT2D eigenvalue weighted by Crippen LogP contribution is -2.27. The molecule has 0 aromatic heterocycles. The zero-order valence-corrected chi connectivity index (χ0v) is 11.8. The molecule has 0 atom stereocenters. The normalized spacial score (nSPS) is 17.3. The van der Waals surface area contributed by atoms with Gasteiger partial charge in [-0.1, -0.05) is 12.1 Å². The lowest BCUT2D eigenvalue weighted by atomic mass is 9.96. The first kappa shape index (κ1) is 14.2. The summed E-state index contributed by atoms with van der Waals surface area (Å²) in [5.74, 6) is 1.30. The molecule has 19 heavy (non-hydrogen) atoms. The van der Waals surface area contributed by atoms with Crippen LogP contribution in [0.15, 0.2) is 18.2 Å². The van der Waals surface area contributed by atoms with Crippen molar-refractivity contribution < 1.29 is 19.3 Å². The molecule has 2 rings (SSSR count). The van der Waals surface area contributed by atoms with Crippen LogP contribution in [0.25, 0.3) is 0 Å². The van der Waals surface area contributed by atoms with Gasteiger partial charge in [-0.05, 0) is 19.9 Å². The molecule has 0 saturated carbocycles. The maximum absolute atomic E-state index is 10.3. The van der Waals surface area contributed by atoms with Crippen LogP contribution < -0.4 is 9.47 Å². The second-order valence-corrected chi connectivity index (χ2v) is 5.33. The number of para-hydroxylation sites is 1. The minimum Gasteiger partial charge on any atom is -0.493 e. The summed E-state index contributed by atoms with van der Waals surface area (Å²) in [5.41, 5.74) is -0.215. The molecule has 1 aromatic carbocycles. The Labute approximate surface area is 114 Å². The third-order valence-electron chi connectivity index (χ3n) is 3.31. The van der Waals surface area contributed by atoms with Crippen molar-refractivity contribution in [1.82, 2.24) is 0 Å². The van der Waals surface area contributed by atoms with Gasteiger partial charge in [0.15, 0.2) is 11.5 Å². The van der Waals surface area contributed by atoms with E-state index in [0.29, 0.717) is 11.5 Å². The molecule has 106 valence electrons. The molecular formula is C15H22O4. The summed E-state index contributed by atoms with van der Waals surface area (Å²) < 4.78 is 16.8. The van der Waals surface area contributed by atoms with Gasteiger partial charge >= 0.3 is 0 Å². The number of ether oxygens (including phenoxy) is 3. The zero-order valence-electron chi connectivity index (χ0n) is 11.8. The quantitative estimate of drug-likeness (QED) is 0.909. The van der Waals surface area contributed by atoms with E-state index in [0.717, 1.165) is 31.6 Å². The Morgan fingerprint density at radius 1 is 1.26 bits per heavy atom. The summed E-state index contributed by atoms with van der Waals surface area (Å²) in [7, 11) is 1.61. The van der Waals surface area contributed by atoms with Crippen molar-refractivity contribution >= 4 is 0 Å². The number of benzene rings is 1. The maximum atomic E-state index is 10.3. The van der Waals surface area contributed by atoms with E-state index in [1.165, 1.54) is 0 Å². The van der Waals surface area contributed by atoms with Gasteiger partial charge < -0.3 is 19.3 Å². The van der Waals surface area contributed by atoms with Gasteiger partial charge in [-0.2, -0.15) is 0 Å². The summed E-state index contributed by atoms with van der Waals surface area (Å²) in [4.78, 5) is 0. The third-order valence-corrected chi connectivity index (χ3v) is 3.31. The summed E-state index contributed by atoms with van der Waals surface area (Å²) >= 11 is 0. The molecule has 0 radical (unpaired) electrons. The number of hydrogen-bond donors (Lipinski definition) is 1. The van der Waals surface area contributed by atoms with E-state index >= 15 is 0 Å². The van der Waals surface area contributed by atoms with Crippen LogP contribution >= 0.6 is 0 Å². The van der Waals surface area contributed by atoms with E-state index in [9.17, 15) is 5.11 Å². The Morgan fingerprint density at radius 2 is 1.95 bits per heavy atom. The van der Waals surface area contributed by atoms with Crippen molar-refractivity contribution in [2.75, 3.05) is 20.3 Å². The van der Waals surface area contributed by atoms with Crippen LogP contribution in [0.5, 0.6) is 11.5 Å². The molecule has 1 aromatic rings. The highest BCUT2D eigenvalue weighted by molar-refractivity contribution is 5.49. The molecule has 1 fully saturated rings. The first-order chi connectivity index (χ1) is 9.02. The van der Waals surface area contributed by atoms with Crippen molar-refractivity contribution in [1.29, 1.82) is 0 Å². The molecule has 0 aliphatic carbocycles. The summed E-state index contributed by atoms with van der Waals surface area (Å²) in [6.45, 7) is 4.94. The van der Waals surface area contributed by atoms with Gasteiger partial charge in [-0.15, -0.1) is 0 Å². The van der Waals surface area contributed by atoms with Crippen molar-refractivity contribution in [2.24, 2.45) is 0 Å². The van der Waals surface area contributed by atoms with E-state index in [2.05, 4.69) is 0 Å². The fourth-order valence-electron chi connectivity index (χ4n) is 2.24. The van der Waals surface area contributed by atoms with E-state index in [-0.39, 0.29) is 6.10 Å². The minimum atomic E-state index is -0.963. The summed E-state index contributed by atoms with van der Waals surface area (Å²) in [6.07, 6.45) is 1.85. The largest absolute Gasteiger partial charge is 0.493 e. The predicted octanol–water partition coefficient (Wildman–Crippen LogP) is 2.48. The highest BCUT2D eigenvalue weighted by Gasteiger charge is 2.26. The fourth-order valence-corrected chi connectivity index (χ4v) is 2.24. The average molecular weight is 266 g/mol. The molecule has 1 aliphatic rings. The van der Waals surface area contributed by atoms with Gasteiger partial charge in [0.05, 0.1) is 25.9 Å². The van der Waals surface area contributed by atoms with Gasteiger partial charge in [0, 0.05) is 18.4 Å². The Morgan fingerprint density at radius 3 is 2.53 bits per heavy atom. The number of aliphatic hydroxyl groups is 1. The fraction of sp³-hybridized carbons (Fsp3) is 0.600. The second kappa shape index (κ2) is 5.80. The van der Waals surface area contributed by atoms with E-state index in [4.69, 9.17) is 14.2 Å². The second-order valence-electron chi connectivity index (χ2n) is 5.33. The SMILES string of the molecule is COc1cccc(C(C)(C)O)c1OC1CCOCC1. The molecule has 1 aliphatic heterocycles. The van der Waals surface area contributed by atoms with Crippen LogP contribution in [0.1, 0.15) is 32.3 Å². The summed E-state index contributed by atoms with van der Waals surface area (Å²) in [5, 5.41) is 10.3. The molecule has 0 unspecified atom stereocenters. The molecule has 0 amide bonds.